The van der Waals surface area contributed by atoms with Crippen LogP contribution in [-0.2, 0) is 0 Å². The van der Waals surface area contributed by atoms with E-state index in [1.807, 2.05) is 35.2 Å². The maximum Gasteiger partial charge on any atom is 0.291 e. The quantitative estimate of drug-likeness (QED) is 0.878. The molecule has 0 spiro atoms. The minimum absolute atomic E-state index is 0.155. The summed E-state index contributed by atoms with van der Waals surface area (Å²) in [6.45, 7) is 2.92. The number of anilines is 2. The van der Waals surface area contributed by atoms with Gasteiger partial charge in [-0.25, -0.2) is 4.98 Å². The third kappa shape index (κ3) is 2.77. The minimum atomic E-state index is -0.155. The van der Waals surface area contributed by atoms with Crippen molar-refractivity contribution in [3.63, 3.8) is 0 Å². The van der Waals surface area contributed by atoms with Crippen LogP contribution in [-0.4, -0.2) is 16.5 Å². The highest BCUT2D eigenvalue weighted by molar-refractivity contribution is 5.58. The summed E-state index contributed by atoms with van der Waals surface area (Å²) in [5, 5.41) is 0. The Bertz CT molecular complexity index is 536. The average molecular weight is 243 g/mol. The molecule has 94 valence electrons. The van der Waals surface area contributed by atoms with Gasteiger partial charge < -0.3 is 9.88 Å². The monoisotopic (exact) mass is 243 g/mol. The third-order valence-corrected chi connectivity index (χ3v) is 2.75. The van der Waals surface area contributed by atoms with E-state index >= 15 is 0 Å². The molecule has 0 unspecified atom stereocenters. The smallest absolute Gasteiger partial charge is 0.291 e. The zero-order valence-corrected chi connectivity index (χ0v) is 10.5. The van der Waals surface area contributed by atoms with Gasteiger partial charge in [-0.1, -0.05) is 31.5 Å². The lowest BCUT2D eigenvalue weighted by molar-refractivity contribution is 0.775. The molecule has 0 radical (unpaired) electrons. The molecule has 1 aromatic heterocycles. The lowest BCUT2D eigenvalue weighted by Crippen LogP contribution is -2.26. The molecule has 4 nitrogen and oxygen atoms in total. The Balaban J connectivity index is 2.37. The molecule has 0 fully saturated rings. The topological polar surface area (TPSA) is 49.0 Å². The number of aromatic nitrogens is 2. The van der Waals surface area contributed by atoms with Gasteiger partial charge in [-0.05, 0) is 18.6 Å². The van der Waals surface area contributed by atoms with Crippen molar-refractivity contribution in [3.8, 4) is 0 Å². The fraction of sp³-hybridized carbons (Fsp3) is 0.286. The van der Waals surface area contributed by atoms with Gasteiger partial charge in [0.1, 0.15) is 0 Å². The largest absolute Gasteiger partial charge is 0.324 e. The molecule has 2 rings (SSSR count). The molecule has 0 atom stereocenters. The standard InChI is InChI=1S/C14H17N3O/c1-2-3-11-17(12-7-5-4-6-8-12)13-14(18)16-10-9-15-13/h4-10H,2-3,11H2,1H3,(H,16,18). The number of aromatic amines is 1. The molecule has 4 heteroatoms. The Morgan fingerprint density at radius 1 is 1.28 bits per heavy atom. The molecule has 18 heavy (non-hydrogen) atoms. The number of nitrogens with one attached hydrogen (secondary N) is 1. The Kier molecular flexibility index (Phi) is 4.12. The molecule has 2 aromatic rings. The zero-order chi connectivity index (χ0) is 12.8. The van der Waals surface area contributed by atoms with E-state index in [-0.39, 0.29) is 5.56 Å². The van der Waals surface area contributed by atoms with Crippen LogP contribution in [0.25, 0.3) is 0 Å². The van der Waals surface area contributed by atoms with Crippen molar-refractivity contribution in [2.75, 3.05) is 11.4 Å². The summed E-state index contributed by atoms with van der Waals surface area (Å²) < 4.78 is 0. The summed E-state index contributed by atoms with van der Waals surface area (Å²) in [6, 6.07) is 9.87. The van der Waals surface area contributed by atoms with Crippen LogP contribution in [0.2, 0.25) is 0 Å². The van der Waals surface area contributed by atoms with Gasteiger partial charge >= 0.3 is 0 Å². The Morgan fingerprint density at radius 3 is 2.72 bits per heavy atom. The van der Waals surface area contributed by atoms with E-state index < -0.39 is 0 Å². The van der Waals surface area contributed by atoms with Crippen LogP contribution >= 0.6 is 0 Å². The van der Waals surface area contributed by atoms with Gasteiger partial charge in [-0.2, -0.15) is 0 Å². The Labute approximate surface area is 106 Å². The molecular formula is C14H17N3O. The number of nitrogens with zero attached hydrogens (tertiary/aromatic N) is 2. The van der Waals surface area contributed by atoms with E-state index in [4.69, 9.17) is 0 Å². The number of hydrogen-bond acceptors (Lipinski definition) is 3. The lowest BCUT2D eigenvalue weighted by Gasteiger charge is -2.22. The second kappa shape index (κ2) is 6.00. The maximum atomic E-state index is 11.8. The normalized spacial score (nSPS) is 10.3. The van der Waals surface area contributed by atoms with Crippen LogP contribution in [0.1, 0.15) is 19.8 Å². The molecule has 1 aromatic carbocycles. The average Bonchev–Trinajstić information content (AvgIpc) is 2.42. The van der Waals surface area contributed by atoms with Crippen molar-refractivity contribution in [3.05, 3.63) is 53.1 Å². The van der Waals surface area contributed by atoms with E-state index in [0.717, 1.165) is 25.1 Å². The molecule has 0 aliphatic carbocycles. The lowest BCUT2D eigenvalue weighted by atomic mass is 10.2. The summed E-state index contributed by atoms with van der Waals surface area (Å²) in [4.78, 5) is 20.7. The van der Waals surface area contributed by atoms with E-state index in [1.54, 1.807) is 12.4 Å². The summed E-state index contributed by atoms with van der Waals surface area (Å²) in [7, 11) is 0. The molecule has 1 N–H and O–H groups in total. The minimum Gasteiger partial charge on any atom is -0.324 e. The van der Waals surface area contributed by atoms with Crippen LogP contribution in [0.15, 0.2) is 47.5 Å². The Hall–Kier alpha value is -2.10. The van der Waals surface area contributed by atoms with Crippen LogP contribution in [0, 0.1) is 0 Å². The molecule has 1 heterocycles. The third-order valence-electron chi connectivity index (χ3n) is 2.75. The van der Waals surface area contributed by atoms with Gasteiger partial charge in [0, 0.05) is 24.6 Å². The molecule has 0 bridgehead atoms. The highest BCUT2D eigenvalue weighted by Gasteiger charge is 2.12. The number of rotatable bonds is 5. The first kappa shape index (κ1) is 12.4. The predicted octanol–water partition coefficient (Wildman–Crippen LogP) is 2.71. The van der Waals surface area contributed by atoms with E-state index in [1.165, 1.54) is 0 Å². The van der Waals surface area contributed by atoms with Crippen molar-refractivity contribution >= 4 is 11.5 Å². The maximum absolute atomic E-state index is 11.8. The highest BCUT2D eigenvalue weighted by Crippen LogP contribution is 2.20. The first-order valence-electron chi connectivity index (χ1n) is 6.19. The predicted molar refractivity (Wildman–Crippen MR) is 73.2 cm³/mol. The van der Waals surface area contributed by atoms with Crippen molar-refractivity contribution in [2.45, 2.75) is 19.8 Å². The molecule has 0 saturated carbocycles. The first-order valence-corrected chi connectivity index (χ1v) is 6.19. The second-order valence-electron chi connectivity index (χ2n) is 4.08. The van der Waals surface area contributed by atoms with Crippen molar-refractivity contribution in [1.82, 2.24) is 9.97 Å². The molecule has 0 amide bonds. The number of para-hydroxylation sites is 1. The van der Waals surface area contributed by atoms with Gasteiger partial charge in [0.25, 0.3) is 5.56 Å². The molecule has 0 saturated heterocycles. The van der Waals surface area contributed by atoms with Crippen LogP contribution in [0.5, 0.6) is 0 Å². The van der Waals surface area contributed by atoms with Crippen molar-refractivity contribution in [1.29, 1.82) is 0 Å². The zero-order valence-electron chi connectivity index (χ0n) is 10.5. The number of unbranched alkanes of at least 4 members (excludes halogenated alkanes) is 1. The van der Waals surface area contributed by atoms with Crippen LogP contribution < -0.4 is 10.5 Å². The molecule has 0 aliphatic heterocycles. The summed E-state index contributed by atoms with van der Waals surface area (Å²) >= 11 is 0. The van der Waals surface area contributed by atoms with Crippen molar-refractivity contribution in [2.24, 2.45) is 0 Å². The van der Waals surface area contributed by atoms with Gasteiger partial charge in [-0.15, -0.1) is 0 Å². The number of H-pyrrole nitrogens is 1. The van der Waals surface area contributed by atoms with Gasteiger partial charge in [0.05, 0.1) is 0 Å². The van der Waals surface area contributed by atoms with E-state index in [0.29, 0.717) is 5.82 Å². The fourth-order valence-corrected chi connectivity index (χ4v) is 1.82. The summed E-state index contributed by atoms with van der Waals surface area (Å²) in [5.74, 6) is 0.456. The fourth-order valence-electron chi connectivity index (χ4n) is 1.82. The van der Waals surface area contributed by atoms with E-state index in [9.17, 15) is 4.79 Å². The molecular weight excluding hydrogens is 226 g/mol. The van der Waals surface area contributed by atoms with Crippen LogP contribution in [0.3, 0.4) is 0 Å². The van der Waals surface area contributed by atoms with Gasteiger partial charge in [0.2, 0.25) is 0 Å². The van der Waals surface area contributed by atoms with Crippen molar-refractivity contribution < 1.29 is 0 Å². The second-order valence-corrected chi connectivity index (χ2v) is 4.08. The summed E-state index contributed by atoms with van der Waals surface area (Å²) in [6.07, 6.45) is 5.26. The molecule has 0 aliphatic rings. The number of hydrogen-bond donors (Lipinski definition) is 1. The Morgan fingerprint density at radius 2 is 2.06 bits per heavy atom. The first-order chi connectivity index (χ1) is 8.83. The SMILES string of the molecule is CCCCN(c1ccccc1)c1ncc[nH]c1=O. The number of benzene rings is 1. The van der Waals surface area contributed by atoms with Gasteiger partial charge in [0.15, 0.2) is 5.82 Å². The summed E-state index contributed by atoms with van der Waals surface area (Å²) in [5.41, 5.74) is 0.840. The van der Waals surface area contributed by atoms with Crippen LogP contribution in [0.4, 0.5) is 11.5 Å². The van der Waals surface area contributed by atoms with E-state index in [2.05, 4.69) is 16.9 Å². The highest BCUT2D eigenvalue weighted by atomic mass is 16.1. The van der Waals surface area contributed by atoms with Gasteiger partial charge in [-0.3, -0.25) is 4.79 Å².